The fourth-order valence-corrected chi connectivity index (χ4v) is 1.33. The minimum absolute atomic E-state index is 0.0641. The molecule has 0 fully saturated rings. The normalized spacial score (nSPS) is 11.2. The smallest absolute Gasteiger partial charge is 0.231 e. The van der Waals surface area contributed by atoms with E-state index < -0.39 is 0 Å². The first kappa shape index (κ1) is 10.8. The van der Waals surface area contributed by atoms with Gasteiger partial charge in [0.15, 0.2) is 17.1 Å². The molecule has 1 aliphatic rings. The van der Waals surface area contributed by atoms with Gasteiger partial charge < -0.3 is 14.2 Å². The van der Waals surface area contributed by atoms with Gasteiger partial charge in [0.2, 0.25) is 6.79 Å². The Labute approximate surface area is 98.1 Å². The van der Waals surface area contributed by atoms with Gasteiger partial charge in [0.05, 0.1) is 0 Å². The summed E-state index contributed by atoms with van der Waals surface area (Å²) in [6.07, 6.45) is 1.14. The molecule has 1 aliphatic heterocycles. The number of nitrogens with zero attached hydrogens (tertiary/aromatic N) is 2. The summed E-state index contributed by atoms with van der Waals surface area (Å²) in [6.45, 7) is 0.496. The number of allylic oxidation sites excluding steroid dienone is 1. The lowest BCUT2D eigenvalue weighted by atomic mass is 10.2. The van der Waals surface area contributed by atoms with Crippen LogP contribution in [0.3, 0.4) is 0 Å². The molecule has 0 saturated carbocycles. The van der Waals surface area contributed by atoms with Crippen LogP contribution in [-0.2, 0) is 11.3 Å². The van der Waals surface area contributed by atoms with Crippen molar-refractivity contribution in [3.05, 3.63) is 35.6 Å². The van der Waals surface area contributed by atoms with Crippen molar-refractivity contribution in [3.8, 4) is 23.6 Å². The van der Waals surface area contributed by atoms with E-state index in [0.717, 1.165) is 11.8 Å². The molecule has 0 spiro atoms. The quantitative estimate of drug-likeness (QED) is 0.583. The number of fused-ring (bicyclic) bond motifs is 1. The minimum Gasteiger partial charge on any atom is -0.494 e. The molecule has 17 heavy (non-hydrogen) atoms. The third-order valence-corrected chi connectivity index (χ3v) is 2.13. The highest BCUT2D eigenvalue weighted by atomic mass is 16.7. The van der Waals surface area contributed by atoms with Crippen molar-refractivity contribution in [1.29, 1.82) is 10.5 Å². The van der Waals surface area contributed by atoms with E-state index in [9.17, 15) is 0 Å². The summed E-state index contributed by atoms with van der Waals surface area (Å²) in [6, 6.07) is 8.85. The number of nitriles is 2. The third kappa shape index (κ3) is 2.47. The Kier molecular flexibility index (Phi) is 3.13. The maximum Gasteiger partial charge on any atom is 0.231 e. The topological polar surface area (TPSA) is 75.3 Å². The van der Waals surface area contributed by atoms with Crippen molar-refractivity contribution in [2.75, 3.05) is 6.79 Å². The second kappa shape index (κ2) is 4.91. The van der Waals surface area contributed by atoms with Crippen molar-refractivity contribution >= 4 is 0 Å². The van der Waals surface area contributed by atoms with Gasteiger partial charge >= 0.3 is 0 Å². The molecule has 1 aromatic carbocycles. The molecule has 0 bridgehead atoms. The average molecular weight is 228 g/mol. The zero-order chi connectivity index (χ0) is 12.1. The van der Waals surface area contributed by atoms with Gasteiger partial charge in [-0.3, -0.25) is 0 Å². The Morgan fingerprint density at radius 2 is 2.06 bits per heavy atom. The van der Waals surface area contributed by atoms with E-state index in [-0.39, 0.29) is 19.0 Å². The minimum atomic E-state index is -0.0641. The van der Waals surface area contributed by atoms with Crippen LogP contribution in [0.15, 0.2) is 30.0 Å². The molecule has 0 radical (unpaired) electrons. The number of hydrogen-bond donors (Lipinski definition) is 0. The largest absolute Gasteiger partial charge is 0.494 e. The molecule has 0 saturated heterocycles. The van der Waals surface area contributed by atoms with E-state index in [0.29, 0.717) is 11.5 Å². The SMILES string of the molecule is N#CC(C#N)=COCc1ccc2c(c1)OCO2. The Balaban J connectivity index is 1.99. The van der Waals surface area contributed by atoms with Gasteiger partial charge in [-0.25, -0.2) is 0 Å². The Hall–Kier alpha value is -2.66. The second-order valence-electron chi connectivity index (χ2n) is 3.25. The van der Waals surface area contributed by atoms with Crippen LogP contribution in [0.1, 0.15) is 5.56 Å². The molecule has 2 rings (SSSR count). The first-order valence-electron chi connectivity index (χ1n) is 4.84. The summed E-state index contributed by atoms with van der Waals surface area (Å²) in [5, 5.41) is 17.0. The van der Waals surface area contributed by atoms with E-state index >= 15 is 0 Å². The molecule has 0 unspecified atom stereocenters. The predicted octanol–water partition coefficient (Wildman–Crippen LogP) is 1.86. The van der Waals surface area contributed by atoms with E-state index in [1.165, 1.54) is 0 Å². The standard InChI is InChI=1S/C12H8N2O3/c13-4-10(5-14)7-15-6-9-1-2-11-12(3-9)17-8-16-11/h1-3,7H,6,8H2. The first-order chi connectivity index (χ1) is 8.33. The number of rotatable bonds is 3. The Morgan fingerprint density at radius 3 is 2.82 bits per heavy atom. The summed E-state index contributed by atoms with van der Waals surface area (Å²) in [4.78, 5) is 0. The van der Waals surface area contributed by atoms with Gasteiger partial charge in [-0.1, -0.05) is 6.07 Å². The number of benzene rings is 1. The van der Waals surface area contributed by atoms with Crippen LogP contribution in [0.4, 0.5) is 0 Å². The average Bonchev–Trinajstić information content (AvgIpc) is 2.82. The van der Waals surface area contributed by atoms with E-state index in [1.807, 2.05) is 6.07 Å². The molecule has 5 nitrogen and oxygen atoms in total. The maximum atomic E-state index is 8.49. The van der Waals surface area contributed by atoms with Crippen molar-refractivity contribution in [1.82, 2.24) is 0 Å². The van der Waals surface area contributed by atoms with Crippen LogP contribution in [0.2, 0.25) is 0 Å². The molecule has 0 N–H and O–H groups in total. The van der Waals surface area contributed by atoms with Gasteiger partial charge in [0, 0.05) is 0 Å². The van der Waals surface area contributed by atoms with Gasteiger partial charge in [0.25, 0.3) is 0 Å². The van der Waals surface area contributed by atoms with Crippen molar-refractivity contribution in [2.45, 2.75) is 6.61 Å². The lowest BCUT2D eigenvalue weighted by molar-refractivity contribution is 0.173. The summed E-state index contributed by atoms with van der Waals surface area (Å²) < 4.78 is 15.5. The highest BCUT2D eigenvalue weighted by Gasteiger charge is 2.12. The molecular formula is C12H8N2O3. The van der Waals surface area contributed by atoms with Crippen LogP contribution in [0, 0.1) is 22.7 Å². The first-order valence-corrected chi connectivity index (χ1v) is 4.84. The number of hydrogen-bond acceptors (Lipinski definition) is 5. The second-order valence-corrected chi connectivity index (χ2v) is 3.25. The van der Waals surface area contributed by atoms with E-state index in [4.69, 9.17) is 24.7 Å². The molecule has 84 valence electrons. The molecular weight excluding hydrogens is 220 g/mol. The van der Waals surface area contributed by atoms with Crippen LogP contribution in [-0.4, -0.2) is 6.79 Å². The molecule has 1 aromatic rings. The monoisotopic (exact) mass is 228 g/mol. The van der Waals surface area contributed by atoms with E-state index in [2.05, 4.69) is 0 Å². The van der Waals surface area contributed by atoms with Gasteiger partial charge in [0.1, 0.15) is 25.0 Å². The van der Waals surface area contributed by atoms with Crippen LogP contribution in [0.25, 0.3) is 0 Å². The summed E-state index contributed by atoms with van der Waals surface area (Å²) in [5.41, 5.74) is 0.812. The Bertz CT molecular complexity index is 522. The summed E-state index contributed by atoms with van der Waals surface area (Å²) in [5.74, 6) is 1.38. The van der Waals surface area contributed by atoms with Crippen LogP contribution in [0.5, 0.6) is 11.5 Å². The lowest BCUT2D eigenvalue weighted by Crippen LogP contribution is -1.93. The zero-order valence-corrected chi connectivity index (χ0v) is 8.84. The van der Waals surface area contributed by atoms with Gasteiger partial charge in [-0.2, -0.15) is 10.5 Å². The zero-order valence-electron chi connectivity index (χ0n) is 8.84. The fourth-order valence-electron chi connectivity index (χ4n) is 1.33. The highest BCUT2D eigenvalue weighted by Crippen LogP contribution is 2.32. The molecule has 0 atom stereocenters. The summed E-state index contributed by atoms with van der Waals surface area (Å²) in [7, 11) is 0. The van der Waals surface area contributed by atoms with E-state index in [1.54, 1.807) is 24.3 Å². The maximum absolute atomic E-state index is 8.49. The highest BCUT2D eigenvalue weighted by molar-refractivity contribution is 5.44. The van der Waals surface area contributed by atoms with Crippen molar-refractivity contribution in [3.63, 3.8) is 0 Å². The Morgan fingerprint density at radius 1 is 1.29 bits per heavy atom. The van der Waals surface area contributed by atoms with Gasteiger partial charge in [-0.15, -0.1) is 0 Å². The van der Waals surface area contributed by atoms with Crippen LogP contribution >= 0.6 is 0 Å². The number of ether oxygens (including phenoxy) is 3. The molecule has 0 aromatic heterocycles. The molecule has 1 heterocycles. The lowest BCUT2D eigenvalue weighted by Gasteiger charge is -2.02. The van der Waals surface area contributed by atoms with Crippen molar-refractivity contribution in [2.24, 2.45) is 0 Å². The van der Waals surface area contributed by atoms with Crippen LogP contribution < -0.4 is 9.47 Å². The van der Waals surface area contributed by atoms with Gasteiger partial charge in [-0.05, 0) is 17.7 Å². The molecule has 5 heteroatoms. The molecule has 0 amide bonds. The summed E-state index contributed by atoms with van der Waals surface area (Å²) >= 11 is 0. The third-order valence-electron chi connectivity index (χ3n) is 2.13. The van der Waals surface area contributed by atoms with Crippen molar-refractivity contribution < 1.29 is 14.2 Å². The fraction of sp³-hybridized carbons (Fsp3) is 0.167. The molecule has 0 aliphatic carbocycles. The predicted molar refractivity (Wildman–Crippen MR) is 56.7 cm³/mol.